The zero-order valence-corrected chi connectivity index (χ0v) is 14.5. The molecule has 0 aliphatic carbocycles. The van der Waals surface area contributed by atoms with Crippen LogP contribution in [-0.4, -0.2) is 40.9 Å². The van der Waals surface area contributed by atoms with E-state index in [4.69, 9.17) is 0 Å². The number of nitrogens with one attached hydrogen (secondary N) is 2. The van der Waals surface area contributed by atoms with Crippen LogP contribution in [-0.2, 0) is 4.79 Å². The minimum absolute atomic E-state index is 0.103. The SMILES string of the molecule is CN(C)C(=O)c1ccc(O)c(NC(=O)C=Cc2c[nH]c3ccccc23)c1. The molecule has 1 heterocycles. The molecule has 132 valence electrons. The lowest BCUT2D eigenvalue weighted by Crippen LogP contribution is -2.21. The van der Waals surface area contributed by atoms with Gasteiger partial charge in [-0.1, -0.05) is 18.2 Å². The summed E-state index contributed by atoms with van der Waals surface area (Å²) in [5.74, 6) is -0.719. The first kappa shape index (κ1) is 17.3. The Morgan fingerprint density at radius 3 is 2.69 bits per heavy atom. The van der Waals surface area contributed by atoms with Gasteiger partial charge in [-0.3, -0.25) is 9.59 Å². The number of hydrogen-bond donors (Lipinski definition) is 3. The molecule has 3 rings (SSSR count). The highest BCUT2D eigenvalue weighted by atomic mass is 16.3. The van der Waals surface area contributed by atoms with Gasteiger partial charge in [0.15, 0.2) is 0 Å². The van der Waals surface area contributed by atoms with Crippen LogP contribution in [0.4, 0.5) is 5.69 Å². The van der Waals surface area contributed by atoms with Gasteiger partial charge >= 0.3 is 0 Å². The molecule has 0 aliphatic heterocycles. The van der Waals surface area contributed by atoms with E-state index < -0.39 is 5.91 Å². The summed E-state index contributed by atoms with van der Waals surface area (Å²) in [5.41, 5.74) is 2.44. The lowest BCUT2D eigenvalue weighted by Gasteiger charge is -2.12. The van der Waals surface area contributed by atoms with E-state index in [2.05, 4.69) is 10.3 Å². The van der Waals surface area contributed by atoms with Gasteiger partial charge in [0.05, 0.1) is 5.69 Å². The van der Waals surface area contributed by atoms with Crippen LogP contribution in [0.15, 0.2) is 54.7 Å². The van der Waals surface area contributed by atoms with Crippen molar-refractivity contribution in [1.29, 1.82) is 0 Å². The number of carbonyl (C=O) groups is 2. The van der Waals surface area contributed by atoms with E-state index in [1.807, 2.05) is 30.5 Å². The van der Waals surface area contributed by atoms with Crippen molar-refractivity contribution in [3.8, 4) is 5.75 Å². The second kappa shape index (κ2) is 7.14. The molecule has 3 N–H and O–H groups in total. The van der Waals surface area contributed by atoms with Gasteiger partial charge in [-0.25, -0.2) is 0 Å². The third-order valence-electron chi connectivity index (χ3n) is 3.94. The lowest BCUT2D eigenvalue weighted by atomic mass is 10.1. The molecule has 0 atom stereocenters. The van der Waals surface area contributed by atoms with E-state index in [0.29, 0.717) is 5.56 Å². The molecule has 0 saturated heterocycles. The first-order chi connectivity index (χ1) is 12.5. The maximum atomic E-state index is 12.2. The van der Waals surface area contributed by atoms with E-state index >= 15 is 0 Å². The Morgan fingerprint density at radius 1 is 1.15 bits per heavy atom. The quantitative estimate of drug-likeness (QED) is 0.499. The Bertz CT molecular complexity index is 1000. The fraction of sp³-hybridized carbons (Fsp3) is 0.100. The standard InChI is InChI=1S/C20H19N3O3/c1-23(2)20(26)13-7-9-18(24)17(11-13)22-19(25)10-8-14-12-21-16-6-4-3-5-15(14)16/h3-12,21,24H,1-2H3,(H,22,25). The van der Waals surface area contributed by atoms with Crippen molar-refractivity contribution >= 4 is 34.5 Å². The van der Waals surface area contributed by atoms with Gasteiger partial charge in [-0.05, 0) is 35.9 Å². The molecule has 2 aromatic carbocycles. The maximum absolute atomic E-state index is 12.2. The average molecular weight is 349 g/mol. The molecular formula is C20H19N3O3. The van der Waals surface area contributed by atoms with Crippen molar-refractivity contribution in [2.75, 3.05) is 19.4 Å². The molecule has 26 heavy (non-hydrogen) atoms. The number of hydrogen-bond acceptors (Lipinski definition) is 3. The molecule has 2 amide bonds. The first-order valence-corrected chi connectivity index (χ1v) is 8.05. The van der Waals surface area contributed by atoms with Gasteiger partial charge in [-0.15, -0.1) is 0 Å². The van der Waals surface area contributed by atoms with Crippen molar-refractivity contribution in [1.82, 2.24) is 9.88 Å². The van der Waals surface area contributed by atoms with Crippen LogP contribution in [0.3, 0.4) is 0 Å². The van der Waals surface area contributed by atoms with E-state index in [0.717, 1.165) is 16.5 Å². The van der Waals surface area contributed by atoms with Crippen LogP contribution in [0.2, 0.25) is 0 Å². The molecule has 0 unspecified atom stereocenters. The fourth-order valence-electron chi connectivity index (χ4n) is 2.60. The second-order valence-corrected chi connectivity index (χ2v) is 6.04. The molecule has 0 bridgehead atoms. The third-order valence-corrected chi connectivity index (χ3v) is 3.94. The highest BCUT2D eigenvalue weighted by Crippen LogP contribution is 2.25. The Labute approximate surface area is 150 Å². The van der Waals surface area contributed by atoms with Crippen molar-refractivity contribution in [2.24, 2.45) is 0 Å². The number of nitrogens with zero attached hydrogens (tertiary/aromatic N) is 1. The highest BCUT2D eigenvalue weighted by Gasteiger charge is 2.12. The highest BCUT2D eigenvalue weighted by molar-refractivity contribution is 6.05. The molecule has 0 fully saturated rings. The maximum Gasteiger partial charge on any atom is 0.253 e. The normalized spacial score (nSPS) is 11.0. The van der Waals surface area contributed by atoms with E-state index in [1.54, 1.807) is 20.2 Å². The first-order valence-electron chi connectivity index (χ1n) is 8.05. The largest absolute Gasteiger partial charge is 0.506 e. The minimum Gasteiger partial charge on any atom is -0.506 e. The van der Waals surface area contributed by atoms with Crippen molar-refractivity contribution < 1.29 is 14.7 Å². The summed E-state index contributed by atoms with van der Waals surface area (Å²) in [6, 6.07) is 12.1. The average Bonchev–Trinajstić information content (AvgIpc) is 3.04. The number of rotatable bonds is 4. The Balaban J connectivity index is 1.77. The topological polar surface area (TPSA) is 85.4 Å². The van der Waals surface area contributed by atoms with Gasteiger partial charge < -0.3 is 20.3 Å². The predicted molar refractivity (Wildman–Crippen MR) is 102 cm³/mol. The predicted octanol–water partition coefficient (Wildman–Crippen LogP) is 3.23. The van der Waals surface area contributed by atoms with Crippen molar-refractivity contribution in [3.63, 3.8) is 0 Å². The smallest absolute Gasteiger partial charge is 0.253 e. The third kappa shape index (κ3) is 3.59. The molecule has 1 aromatic heterocycles. The molecule has 6 heteroatoms. The second-order valence-electron chi connectivity index (χ2n) is 6.04. The van der Waals surface area contributed by atoms with Gasteiger partial charge in [-0.2, -0.15) is 0 Å². The van der Waals surface area contributed by atoms with E-state index in [9.17, 15) is 14.7 Å². The van der Waals surface area contributed by atoms with Crippen LogP contribution >= 0.6 is 0 Å². The number of carbonyl (C=O) groups excluding carboxylic acids is 2. The van der Waals surface area contributed by atoms with Gasteiger partial charge in [0.2, 0.25) is 5.91 Å². The zero-order valence-electron chi connectivity index (χ0n) is 14.5. The van der Waals surface area contributed by atoms with Gasteiger partial charge in [0, 0.05) is 42.8 Å². The van der Waals surface area contributed by atoms with Crippen molar-refractivity contribution in [2.45, 2.75) is 0 Å². The summed E-state index contributed by atoms with van der Waals surface area (Å²) in [6.07, 6.45) is 4.90. The lowest BCUT2D eigenvalue weighted by molar-refractivity contribution is -0.111. The summed E-state index contributed by atoms with van der Waals surface area (Å²) in [7, 11) is 3.27. The zero-order chi connectivity index (χ0) is 18.7. The van der Waals surface area contributed by atoms with Crippen LogP contribution in [0.1, 0.15) is 15.9 Å². The number of aromatic hydroxyl groups is 1. The number of phenolic OH excluding ortho intramolecular Hbond substituents is 1. The number of amides is 2. The number of phenols is 1. The number of para-hydroxylation sites is 1. The summed E-state index contributed by atoms with van der Waals surface area (Å²) in [6.45, 7) is 0. The van der Waals surface area contributed by atoms with Crippen LogP contribution in [0, 0.1) is 0 Å². The number of fused-ring (bicyclic) bond motifs is 1. The summed E-state index contributed by atoms with van der Waals surface area (Å²) in [5, 5.41) is 13.5. The molecule has 3 aromatic rings. The fourth-order valence-corrected chi connectivity index (χ4v) is 2.60. The van der Waals surface area contributed by atoms with Crippen LogP contribution in [0.5, 0.6) is 5.75 Å². The van der Waals surface area contributed by atoms with Crippen LogP contribution in [0.25, 0.3) is 17.0 Å². The number of anilines is 1. The van der Waals surface area contributed by atoms with Gasteiger partial charge in [0.25, 0.3) is 5.91 Å². The Kier molecular flexibility index (Phi) is 4.75. The number of aromatic amines is 1. The molecular weight excluding hydrogens is 330 g/mol. The van der Waals surface area contributed by atoms with E-state index in [1.165, 1.54) is 29.2 Å². The molecule has 0 spiro atoms. The number of H-pyrrole nitrogens is 1. The molecule has 0 aliphatic rings. The number of aromatic nitrogens is 1. The molecule has 0 radical (unpaired) electrons. The summed E-state index contributed by atoms with van der Waals surface area (Å²) in [4.78, 5) is 28.8. The van der Waals surface area contributed by atoms with Crippen LogP contribution < -0.4 is 5.32 Å². The Hall–Kier alpha value is -3.54. The van der Waals surface area contributed by atoms with E-state index in [-0.39, 0.29) is 17.3 Å². The van der Waals surface area contributed by atoms with Gasteiger partial charge in [0.1, 0.15) is 5.75 Å². The Morgan fingerprint density at radius 2 is 1.92 bits per heavy atom. The van der Waals surface area contributed by atoms with Crippen molar-refractivity contribution in [3.05, 3.63) is 65.9 Å². The summed E-state index contributed by atoms with van der Waals surface area (Å²) < 4.78 is 0. The molecule has 6 nitrogen and oxygen atoms in total. The monoisotopic (exact) mass is 349 g/mol. The summed E-state index contributed by atoms with van der Waals surface area (Å²) >= 11 is 0. The molecule has 0 saturated carbocycles. The number of benzene rings is 2. The minimum atomic E-state index is -0.403.